The summed E-state index contributed by atoms with van der Waals surface area (Å²) in [6, 6.07) is 5.86. The SMILES string of the molecule is CCCn1cc(C(N)Cc2ccccn2)cn1. The summed E-state index contributed by atoms with van der Waals surface area (Å²) in [4.78, 5) is 4.28. The van der Waals surface area contributed by atoms with Gasteiger partial charge in [0, 0.05) is 42.7 Å². The maximum absolute atomic E-state index is 6.14. The molecule has 0 radical (unpaired) electrons. The molecule has 4 nitrogen and oxygen atoms in total. The summed E-state index contributed by atoms with van der Waals surface area (Å²) < 4.78 is 1.94. The van der Waals surface area contributed by atoms with Crippen LogP contribution in [-0.4, -0.2) is 14.8 Å². The largest absolute Gasteiger partial charge is 0.324 e. The molecule has 0 aromatic carbocycles. The van der Waals surface area contributed by atoms with Crippen molar-refractivity contribution in [2.75, 3.05) is 0 Å². The van der Waals surface area contributed by atoms with Crippen molar-refractivity contribution in [3.8, 4) is 0 Å². The molecule has 2 aromatic heterocycles. The Hall–Kier alpha value is -1.68. The van der Waals surface area contributed by atoms with Crippen LogP contribution in [0.4, 0.5) is 0 Å². The lowest BCUT2D eigenvalue weighted by Crippen LogP contribution is -2.13. The fraction of sp³-hybridized carbons (Fsp3) is 0.385. The second-order valence-corrected chi connectivity index (χ2v) is 4.17. The molecule has 90 valence electrons. The molecule has 0 aliphatic rings. The summed E-state index contributed by atoms with van der Waals surface area (Å²) >= 11 is 0. The van der Waals surface area contributed by atoms with Gasteiger partial charge in [0.15, 0.2) is 0 Å². The van der Waals surface area contributed by atoms with Gasteiger partial charge < -0.3 is 5.73 Å². The van der Waals surface area contributed by atoms with E-state index in [-0.39, 0.29) is 6.04 Å². The topological polar surface area (TPSA) is 56.7 Å². The van der Waals surface area contributed by atoms with E-state index in [0.29, 0.717) is 0 Å². The highest BCUT2D eigenvalue weighted by atomic mass is 15.3. The van der Waals surface area contributed by atoms with Crippen molar-refractivity contribution in [3.63, 3.8) is 0 Å². The minimum Gasteiger partial charge on any atom is -0.324 e. The van der Waals surface area contributed by atoms with E-state index in [9.17, 15) is 0 Å². The molecule has 0 saturated carbocycles. The molecule has 1 atom stereocenters. The Morgan fingerprint density at radius 3 is 3.00 bits per heavy atom. The van der Waals surface area contributed by atoms with Crippen LogP contribution in [0.1, 0.15) is 30.6 Å². The fourth-order valence-electron chi connectivity index (χ4n) is 1.78. The molecule has 0 saturated heterocycles. The second kappa shape index (κ2) is 5.59. The van der Waals surface area contributed by atoms with E-state index >= 15 is 0 Å². The van der Waals surface area contributed by atoms with E-state index in [4.69, 9.17) is 5.73 Å². The quantitative estimate of drug-likeness (QED) is 0.854. The molecule has 2 aromatic rings. The monoisotopic (exact) mass is 230 g/mol. The smallest absolute Gasteiger partial charge is 0.0537 e. The van der Waals surface area contributed by atoms with E-state index in [2.05, 4.69) is 17.0 Å². The molecule has 0 bridgehead atoms. The highest BCUT2D eigenvalue weighted by molar-refractivity contribution is 5.14. The van der Waals surface area contributed by atoms with Crippen molar-refractivity contribution in [2.45, 2.75) is 32.4 Å². The molecule has 17 heavy (non-hydrogen) atoms. The van der Waals surface area contributed by atoms with Crippen LogP contribution in [0.2, 0.25) is 0 Å². The van der Waals surface area contributed by atoms with Crippen molar-refractivity contribution in [2.24, 2.45) is 5.73 Å². The van der Waals surface area contributed by atoms with Crippen LogP contribution in [0.3, 0.4) is 0 Å². The summed E-state index contributed by atoms with van der Waals surface area (Å²) in [5, 5.41) is 4.28. The maximum atomic E-state index is 6.14. The molecule has 2 rings (SSSR count). The van der Waals surface area contributed by atoms with Gasteiger partial charge >= 0.3 is 0 Å². The van der Waals surface area contributed by atoms with Gasteiger partial charge in [-0.3, -0.25) is 9.67 Å². The van der Waals surface area contributed by atoms with Gasteiger partial charge in [-0.05, 0) is 18.6 Å². The van der Waals surface area contributed by atoms with Crippen molar-refractivity contribution < 1.29 is 0 Å². The third kappa shape index (κ3) is 3.14. The zero-order valence-electron chi connectivity index (χ0n) is 10.1. The van der Waals surface area contributed by atoms with E-state index in [1.54, 1.807) is 6.20 Å². The van der Waals surface area contributed by atoms with Gasteiger partial charge in [0.1, 0.15) is 0 Å². The van der Waals surface area contributed by atoms with Crippen LogP contribution >= 0.6 is 0 Å². The third-order valence-electron chi connectivity index (χ3n) is 2.69. The van der Waals surface area contributed by atoms with Crippen LogP contribution in [0.15, 0.2) is 36.8 Å². The summed E-state index contributed by atoms with van der Waals surface area (Å²) in [5.74, 6) is 0. The predicted octanol–water partition coefficient (Wildman–Crippen LogP) is 1.93. The van der Waals surface area contributed by atoms with Crippen LogP contribution in [0.25, 0.3) is 0 Å². The standard InChI is InChI=1S/C13H18N4/c1-2-7-17-10-11(9-16-17)13(14)8-12-5-3-4-6-15-12/h3-6,9-10,13H,2,7-8,14H2,1H3. The first-order valence-corrected chi connectivity index (χ1v) is 5.97. The summed E-state index contributed by atoms with van der Waals surface area (Å²) in [5.41, 5.74) is 8.23. The Bertz CT molecular complexity index is 449. The van der Waals surface area contributed by atoms with Gasteiger partial charge in [-0.1, -0.05) is 13.0 Å². The summed E-state index contributed by atoms with van der Waals surface area (Å²) in [7, 11) is 0. The van der Waals surface area contributed by atoms with Crippen LogP contribution < -0.4 is 5.73 Å². The number of nitrogens with zero attached hydrogens (tertiary/aromatic N) is 3. The number of aryl methyl sites for hydroxylation is 1. The molecule has 0 aliphatic carbocycles. The lowest BCUT2D eigenvalue weighted by molar-refractivity contribution is 0.600. The lowest BCUT2D eigenvalue weighted by Gasteiger charge is -2.08. The molecule has 4 heteroatoms. The van der Waals surface area contributed by atoms with Crippen molar-refractivity contribution in [3.05, 3.63) is 48.0 Å². The fourth-order valence-corrected chi connectivity index (χ4v) is 1.78. The molecule has 0 spiro atoms. The van der Waals surface area contributed by atoms with E-state index in [1.807, 2.05) is 35.3 Å². The lowest BCUT2D eigenvalue weighted by atomic mass is 10.1. The number of nitrogens with two attached hydrogens (primary N) is 1. The Morgan fingerprint density at radius 2 is 2.29 bits per heavy atom. The Kier molecular flexibility index (Phi) is 3.88. The first-order chi connectivity index (χ1) is 8.29. The van der Waals surface area contributed by atoms with Gasteiger partial charge in [0.25, 0.3) is 0 Å². The molecular formula is C13H18N4. The van der Waals surface area contributed by atoms with Gasteiger partial charge in [0.05, 0.1) is 6.20 Å². The average Bonchev–Trinajstić information content (AvgIpc) is 2.79. The molecular weight excluding hydrogens is 212 g/mol. The molecule has 2 heterocycles. The minimum absolute atomic E-state index is 0.0319. The normalized spacial score (nSPS) is 12.6. The highest BCUT2D eigenvalue weighted by Crippen LogP contribution is 2.14. The average molecular weight is 230 g/mol. The summed E-state index contributed by atoms with van der Waals surface area (Å²) in [6.07, 6.45) is 7.50. The number of aromatic nitrogens is 3. The van der Waals surface area contributed by atoms with Crippen molar-refractivity contribution in [1.29, 1.82) is 0 Å². The Balaban J connectivity index is 2.01. The molecule has 0 fully saturated rings. The predicted molar refractivity (Wildman–Crippen MR) is 67.4 cm³/mol. The van der Waals surface area contributed by atoms with Gasteiger partial charge in [-0.25, -0.2) is 0 Å². The van der Waals surface area contributed by atoms with E-state index in [1.165, 1.54) is 0 Å². The van der Waals surface area contributed by atoms with Crippen molar-refractivity contribution in [1.82, 2.24) is 14.8 Å². The molecule has 1 unspecified atom stereocenters. The number of pyridine rings is 1. The van der Waals surface area contributed by atoms with Gasteiger partial charge in [-0.2, -0.15) is 5.10 Å². The first kappa shape index (κ1) is 11.8. The highest BCUT2D eigenvalue weighted by Gasteiger charge is 2.09. The Labute approximate surface area is 101 Å². The van der Waals surface area contributed by atoms with E-state index in [0.717, 1.165) is 30.6 Å². The first-order valence-electron chi connectivity index (χ1n) is 5.97. The van der Waals surface area contributed by atoms with Crippen LogP contribution in [0, 0.1) is 0 Å². The second-order valence-electron chi connectivity index (χ2n) is 4.17. The number of hydrogen-bond acceptors (Lipinski definition) is 3. The Morgan fingerprint density at radius 1 is 1.41 bits per heavy atom. The zero-order valence-corrected chi connectivity index (χ0v) is 10.1. The minimum atomic E-state index is -0.0319. The van der Waals surface area contributed by atoms with E-state index < -0.39 is 0 Å². The maximum Gasteiger partial charge on any atom is 0.0537 e. The van der Waals surface area contributed by atoms with Gasteiger partial charge in [-0.15, -0.1) is 0 Å². The zero-order chi connectivity index (χ0) is 12.1. The van der Waals surface area contributed by atoms with Crippen LogP contribution in [-0.2, 0) is 13.0 Å². The number of hydrogen-bond donors (Lipinski definition) is 1. The molecule has 0 aliphatic heterocycles. The summed E-state index contributed by atoms with van der Waals surface area (Å²) in [6.45, 7) is 3.07. The number of rotatable bonds is 5. The third-order valence-corrected chi connectivity index (χ3v) is 2.69. The molecule has 2 N–H and O–H groups in total. The van der Waals surface area contributed by atoms with Crippen molar-refractivity contribution >= 4 is 0 Å². The van der Waals surface area contributed by atoms with Crippen LogP contribution in [0.5, 0.6) is 0 Å². The molecule has 0 amide bonds. The van der Waals surface area contributed by atoms with Gasteiger partial charge in [0.2, 0.25) is 0 Å².